The van der Waals surface area contributed by atoms with Crippen molar-refractivity contribution in [2.24, 2.45) is 5.73 Å². The minimum atomic E-state index is -0.473. The number of nitro benzene ring substituents is 1. The van der Waals surface area contributed by atoms with Gasteiger partial charge in [0.1, 0.15) is 5.69 Å². The Morgan fingerprint density at radius 3 is 2.59 bits per heavy atom. The predicted molar refractivity (Wildman–Crippen MR) is 111 cm³/mol. The lowest BCUT2D eigenvalue weighted by Gasteiger charge is -2.32. The molecule has 0 saturated carbocycles. The van der Waals surface area contributed by atoms with E-state index in [1.807, 2.05) is 30.3 Å². The number of piperidine rings is 1. The molecule has 3 N–H and O–H groups in total. The zero-order valence-corrected chi connectivity index (χ0v) is 16.3. The molecule has 0 atom stereocenters. The van der Waals surface area contributed by atoms with Crippen LogP contribution in [0.15, 0.2) is 48.5 Å². The van der Waals surface area contributed by atoms with Gasteiger partial charge in [0.15, 0.2) is 0 Å². The topological polar surface area (TPSA) is 111 Å². The molecule has 3 rings (SSSR count). The summed E-state index contributed by atoms with van der Waals surface area (Å²) in [5, 5.41) is 14.6. The van der Waals surface area contributed by atoms with Gasteiger partial charge in [-0.05, 0) is 50.1 Å². The molecule has 0 unspecified atom stereocenters. The summed E-state index contributed by atoms with van der Waals surface area (Å²) in [5.41, 5.74) is 6.76. The van der Waals surface area contributed by atoms with Crippen LogP contribution in [0, 0.1) is 10.1 Å². The van der Waals surface area contributed by atoms with Crippen molar-refractivity contribution < 1.29 is 14.5 Å². The molecule has 154 valence electrons. The normalized spacial score (nSPS) is 14.6. The maximum absolute atomic E-state index is 12.8. The first kappa shape index (κ1) is 20.8. The van der Waals surface area contributed by atoms with E-state index in [9.17, 15) is 14.9 Å². The van der Waals surface area contributed by atoms with Gasteiger partial charge in [0.2, 0.25) is 0 Å². The number of para-hydroxylation sites is 1. The second-order valence-corrected chi connectivity index (χ2v) is 6.98. The summed E-state index contributed by atoms with van der Waals surface area (Å²) in [5.74, 6) is -0.195. The van der Waals surface area contributed by atoms with Crippen molar-refractivity contribution in [1.29, 1.82) is 0 Å². The number of hydrogen-bond donors (Lipinski definition) is 2. The van der Waals surface area contributed by atoms with Gasteiger partial charge in [0.05, 0.1) is 11.0 Å². The fourth-order valence-corrected chi connectivity index (χ4v) is 3.34. The summed E-state index contributed by atoms with van der Waals surface area (Å²) in [7, 11) is 0. The van der Waals surface area contributed by atoms with E-state index < -0.39 is 4.92 Å². The number of ether oxygens (including phenoxy) is 1. The van der Waals surface area contributed by atoms with Crippen LogP contribution in [-0.4, -0.2) is 48.1 Å². The maximum atomic E-state index is 12.8. The number of nitrogens with zero attached hydrogens (tertiary/aromatic N) is 2. The number of amides is 1. The van der Waals surface area contributed by atoms with E-state index in [0.29, 0.717) is 37.5 Å². The number of likely N-dealkylation sites (tertiary alicyclic amines) is 1. The number of benzene rings is 2. The van der Waals surface area contributed by atoms with Gasteiger partial charge in [-0.25, -0.2) is 0 Å². The van der Waals surface area contributed by atoms with E-state index in [1.165, 1.54) is 6.07 Å². The summed E-state index contributed by atoms with van der Waals surface area (Å²) in [6, 6.07) is 13.8. The summed E-state index contributed by atoms with van der Waals surface area (Å²) >= 11 is 0. The molecule has 29 heavy (non-hydrogen) atoms. The first-order chi connectivity index (χ1) is 14.1. The van der Waals surface area contributed by atoms with Crippen LogP contribution in [0.1, 0.15) is 29.6 Å². The number of nitro groups is 1. The largest absolute Gasteiger partial charge is 0.378 e. The number of nitrogens with two attached hydrogens (primary N) is 1. The van der Waals surface area contributed by atoms with Gasteiger partial charge in [-0.1, -0.05) is 18.2 Å². The quantitative estimate of drug-likeness (QED) is 0.401. The average molecular weight is 398 g/mol. The van der Waals surface area contributed by atoms with Crippen LogP contribution in [0.5, 0.6) is 0 Å². The number of rotatable bonds is 8. The number of hydrogen-bond acceptors (Lipinski definition) is 6. The van der Waals surface area contributed by atoms with Crippen molar-refractivity contribution in [2.75, 3.05) is 31.6 Å². The van der Waals surface area contributed by atoms with Crippen molar-refractivity contribution in [1.82, 2.24) is 4.90 Å². The van der Waals surface area contributed by atoms with Crippen molar-refractivity contribution in [3.05, 3.63) is 64.2 Å². The zero-order chi connectivity index (χ0) is 20.6. The second kappa shape index (κ2) is 9.99. The summed E-state index contributed by atoms with van der Waals surface area (Å²) in [4.78, 5) is 25.6. The number of carbonyl (C=O) groups excluding carboxylic acids is 1. The highest BCUT2D eigenvalue weighted by atomic mass is 16.6. The minimum absolute atomic E-state index is 0.125. The van der Waals surface area contributed by atoms with Gasteiger partial charge >= 0.3 is 0 Å². The van der Waals surface area contributed by atoms with Gasteiger partial charge in [-0.3, -0.25) is 14.9 Å². The Bertz CT molecular complexity index is 836. The minimum Gasteiger partial charge on any atom is -0.378 e. The lowest BCUT2D eigenvalue weighted by Crippen LogP contribution is -2.41. The Labute approximate surface area is 169 Å². The molecule has 1 aliphatic heterocycles. The molecule has 0 spiro atoms. The first-order valence-corrected chi connectivity index (χ1v) is 9.80. The molecule has 0 aliphatic carbocycles. The maximum Gasteiger partial charge on any atom is 0.293 e. The molecule has 0 aromatic heterocycles. The lowest BCUT2D eigenvalue weighted by atomic mass is 10.1. The number of carbonyl (C=O) groups is 1. The molecule has 2 aromatic rings. The Hall–Kier alpha value is -2.97. The van der Waals surface area contributed by atoms with E-state index in [1.54, 1.807) is 17.0 Å². The highest BCUT2D eigenvalue weighted by Gasteiger charge is 2.26. The smallest absolute Gasteiger partial charge is 0.293 e. The molecule has 2 aromatic carbocycles. The van der Waals surface area contributed by atoms with E-state index in [-0.39, 0.29) is 17.7 Å². The van der Waals surface area contributed by atoms with E-state index in [0.717, 1.165) is 24.9 Å². The van der Waals surface area contributed by atoms with Crippen molar-refractivity contribution >= 4 is 23.0 Å². The van der Waals surface area contributed by atoms with Crippen molar-refractivity contribution in [3.8, 4) is 0 Å². The van der Waals surface area contributed by atoms with Crippen LogP contribution < -0.4 is 11.1 Å². The van der Waals surface area contributed by atoms with Crippen LogP contribution in [0.25, 0.3) is 0 Å². The molecule has 1 aliphatic rings. The van der Waals surface area contributed by atoms with Gasteiger partial charge < -0.3 is 20.7 Å². The van der Waals surface area contributed by atoms with E-state index >= 15 is 0 Å². The van der Waals surface area contributed by atoms with Crippen LogP contribution in [0.2, 0.25) is 0 Å². The summed E-state index contributed by atoms with van der Waals surface area (Å²) in [6.07, 6.45) is 2.47. The highest BCUT2D eigenvalue weighted by Crippen LogP contribution is 2.29. The van der Waals surface area contributed by atoms with Crippen LogP contribution in [0.3, 0.4) is 0 Å². The Kier molecular flexibility index (Phi) is 7.15. The van der Waals surface area contributed by atoms with Gasteiger partial charge in [0.25, 0.3) is 11.6 Å². The lowest BCUT2D eigenvalue weighted by molar-refractivity contribution is -0.383. The SMILES string of the molecule is NCCCOC1CCN(C(=O)c2ccc(Nc3ccccc3)c([N+](=O)[O-])c2)CC1. The molecule has 1 amide bonds. The van der Waals surface area contributed by atoms with E-state index in [4.69, 9.17) is 10.5 Å². The molecule has 8 heteroatoms. The summed E-state index contributed by atoms with van der Waals surface area (Å²) in [6.45, 7) is 2.39. The molecule has 0 radical (unpaired) electrons. The third-order valence-electron chi connectivity index (χ3n) is 4.93. The molecule has 8 nitrogen and oxygen atoms in total. The summed E-state index contributed by atoms with van der Waals surface area (Å²) < 4.78 is 5.76. The standard InChI is InChI=1S/C21H26N4O4/c22-11-4-14-29-18-9-12-24(13-10-18)21(26)16-7-8-19(20(15-16)25(27)28)23-17-5-2-1-3-6-17/h1-3,5-8,15,18,23H,4,9-14,22H2. The predicted octanol–water partition coefficient (Wildman–Crippen LogP) is 3.31. The third kappa shape index (κ3) is 5.52. The van der Waals surface area contributed by atoms with Crippen LogP contribution in [0.4, 0.5) is 17.1 Å². The number of anilines is 2. The van der Waals surface area contributed by atoms with Crippen LogP contribution in [-0.2, 0) is 4.74 Å². The van der Waals surface area contributed by atoms with Gasteiger partial charge in [0, 0.05) is 37.0 Å². The van der Waals surface area contributed by atoms with E-state index in [2.05, 4.69) is 5.32 Å². The van der Waals surface area contributed by atoms with Gasteiger partial charge in [-0.15, -0.1) is 0 Å². The molecule has 1 saturated heterocycles. The average Bonchev–Trinajstić information content (AvgIpc) is 2.75. The molecule has 1 fully saturated rings. The highest BCUT2D eigenvalue weighted by molar-refractivity contribution is 5.96. The fraction of sp³-hybridized carbons (Fsp3) is 0.381. The van der Waals surface area contributed by atoms with Crippen molar-refractivity contribution in [3.63, 3.8) is 0 Å². The molecule has 0 bridgehead atoms. The molecular weight excluding hydrogens is 372 g/mol. The Morgan fingerprint density at radius 2 is 1.93 bits per heavy atom. The second-order valence-electron chi connectivity index (χ2n) is 6.98. The van der Waals surface area contributed by atoms with Gasteiger partial charge in [-0.2, -0.15) is 0 Å². The third-order valence-corrected chi connectivity index (χ3v) is 4.93. The fourth-order valence-electron chi connectivity index (χ4n) is 3.34. The molecular formula is C21H26N4O4. The monoisotopic (exact) mass is 398 g/mol. The van der Waals surface area contributed by atoms with Crippen molar-refractivity contribution in [2.45, 2.75) is 25.4 Å². The number of nitrogens with one attached hydrogen (secondary N) is 1. The Morgan fingerprint density at radius 1 is 1.21 bits per heavy atom. The molecule has 1 heterocycles. The van der Waals surface area contributed by atoms with Crippen LogP contribution >= 0.6 is 0 Å². The zero-order valence-electron chi connectivity index (χ0n) is 16.3. The Balaban J connectivity index is 1.67. The first-order valence-electron chi connectivity index (χ1n) is 9.80.